The van der Waals surface area contributed by atoms with Gasteiger partial charge in [0, 0.05) is 0 Å². The van der Waals surface area contributed by atoms with E-state index in [1.807, 2.05) is 36.4 Å². The Morgan fingerprint density at radius 1 is 1.25 bits per heavy atom. The molecule has 0 aliphatic carbocycles. The van der Waals surface area contributed by atoms with Crippen LogP contribution in [0.4, 0.5) is 0 Å². The van der Waals surface area contributed by atoms with E-state index in [2.05, 4.69) is 0 Å². The highest BCUT2D eigenvalue weighted by molar-refractivity contribution is 7.48. The number of nitrogens with zero attached hydrogens (tertiary/aromatic N) is 1. The molecule has 0 saturated carbocycles. The van der Waals surface area contributed by atoms with Crippen LogP contribution in [0.15, 0.2) is 36.4 Å². The summed E-state index contributed by atoms with van der Waals surface area (Å²) in [5.74, 6) is 0. The molecule has 5 nitrogen and oxygen atoms in total. The SMILES string of the molecule is CCOP(=O)(OCC)OC(C#N)/C=C/c1ccccc1. The second kappa shape index (κ2) is 8.68. The molecule has 0 saturated heterocycles. The zero-order valence-electron chi connectivity index (χ0n) is 11.6. The molecule has 0 spiro atoms. The van der Waals surface area contributed by atoms with Gasteiger partial charge in [-0.15, -0.1) is 0 Å². The molecular formula is C14H18NO4P. The standard InChI is InChI=1S/C14H18NO4P/c1-3-17-20(16,18-4-2)19-14(12-15)11-10-13-8-6-5-7-9-13/h5-11,14H,3-4H2,1-2H3/b11-10+. The van der Waals surface area contributed by atoms with E-state index in [1.165, 1.54) is 6.08 Å². The lowest BCUT2D eigenvalue weighted by Gasteiger charge is -2.17. The summed E-state index contributed by atoms with van der Waals surface area (Å²) in [4.78, 5) is 0. The summed E-state index contributed by atoms with van der Waals surface area (Å²) in [6, 6.07) is 11.3. The van der Waals surface area contributed by atoms with Crippen LogP contribution in [0.1, 0.15) is 19.4 Å². The van der Waals surface area contributed by atoms with Crippen molar-refractivity contribution in [2.24, 2.45) is 0 Å². The van der Waals surface area contributed by atoms with E-state index in [0.29, 0.717) is 0 Å². The molecule has 0 aliphatic rings. The number of phosphoric ester groups is 1. The molecule has 0 bridgehead atoms. The van der Waals surface area contributed by atoms with Crippen LogP contribution in [-0.2, 0) is 18.1 Å². The van der Waals surface area contributed by atoms with Crippen molar-refractivity contribution in [1.29, 1.82) is 5.26 Å². The highest BCUT2D eigenvalue weighted by Gasteiger charge is 2.28. The minimum absolute atomic E-state index is 0.178. The Kier molecular flexibility index (Phi) is 7.21. The minimum Gasteiger partial charge on any atom is -0.287 e. The normalized spacial score (nSPS) is 13.2. The Morgan fingerprint density at radius 2 is 1.85 bits per heavy atom. The van der Waals surface area contributed by atoms with E-state index in [1.54, 1.807) is 19.9 Å². The number of nitriles is 1. The number of rotatable bonds is 8. The van der Waals surface area contributed by atoms with Gasteiger partial charge in [0.25, 0.3) is 0 Å². The van der Waals surface area contributed by atoms with Crippen molar-refractivity contribution in [3.05, 3.63) is 42.0 Å². The maximum atomic E-state index is 12.1. The molecule has 20 heavy (non-hydrogen) atoms. The summed E-state index contributed by atoms with van der Waals surface area (Å²) in [6.45, 7) is 3.71. The summed E-state index contributed by atoms with van der Waals surface area (Å²) in [5.41, 5.74) is 0.916. The average molecular weight is 295 g/mol. The van der Waals surface area contributed by atoms with Crippen LogP contribution >= 0.6 is 7.82 Å². The summed E-state index contributed by atoms with van der Waals surface area (Å²) in [5, 5.41) is 9.05. The number of benzene rings is 1. The fourth-order valence-electron chi connectivity index (χ4n) is 1.42. The third-order valence-corrected chi connectivity index (χ3v) is 3.84. The van der Waals surface area contributed by atoms with E-state index in [4.69, 9.17) is 18.8 Å². The first-order chi connectivity index (χ1) is 9.63. The van der Waals surface area contributed by atoms with Crippen LogP contribution in [0, 0.1) is 11.3 Å². The van der Waals surface area contributed by atoms with Gasteiger partial charge in [0.2, 0.25) is 0 Å². The van der Waals surface area contributed by atoms with Gasteiger partial charge in [-0.3, -0.25) is 13.6 Å². The fourth-order valence-corrected chi connectivity index (χ4v) is 2.64. The van der Waals surface area contributed by atoms with E-state index in [9.17, 15) is 4.57 Å². The molecule has 1 rings (SSSR count). The number of phosphoric acid groups is 1. The van der Waals surface area contributed by atoms with Gasteiger partial charge in [0.1, 0.15) is 0 Å². The average Bonchev–Trinajstić information content (AvgIpc) is 2.45. The molecule has 1 atom stereocenters. The molecule has 0 N–H and O–H groups in total. The van der Waals surface area contributed by atoms with Gasteiger partial charge >= 0.3 is 7.82 Å². The summed E-state index contributed by atoms with van der Waals surface area (Å²) in [6.07, 6.45) is 2.23. The van der Waals surface area contributed by atoms with Gasteiger partial charge in [-0.2, -0.15) is 5.26 Å². The van der Waals surface area contributed by atoms with E-state index in [-0.39, 0.29) is 13.2 Å². The van der Waals surface area contributed by atoms with E-state index < -0.39 is 13.9 Å². The first-order valence-electron chi connectivity index (χ1n) is 6.34. The highest BCUT2D eigenvalue weighted by Crippen LogP contribution is 2.50. The Hall–Kier alpha value is -1.44. The Morgan fingerprint density at radius 3 is 2.35 bits per heavy atom. The number of hydrogen-bond acceptors (Lipinski definition) is 5. The van der Waals surface area contributed by atoms with Crippen LogP contribution < -0.4 is 0 Å². The van der Waals surface area contributed by atoms with Gasteiger partial charge in [-0.25, -0.2) is 4.57 Å². The lowest BCUT2D eigenvalue weighted by atomic mass is 10.2. The molecular weight excluding hydrogens is 277 g/mol. The van der Waals surface area contributed by atoms with Crippen molar-refractivity contribution in [2.75, 3.05) is 13.2 Å². The van der Waals surface area contributed by atoms with E-state index >= 15 is 0 Å². The van der Waals surface area contributed by atoms with Crippen LogP contribution in [-0.4, -0.2) is 19.3 Å². The summed E-state index contributed by atoms with van der Waals surface area (Å²) >= 11 is 0. The Balaban J connectivity index is 2.74. The maximum absolute atomic E-state index is 12.1. The summed E-state index contributed by atoms with van der Waals surface area (Å²) in [7, 11) is -3.69. The van der Waals surface area contributed by atoms with Crippen LogP contribution in [0.3, 0.4) is 0 Å². The molecule has 0 amide bonds. The zero-order valence-corrected chi connectivity index (χ0v) is 12.5. The van der Waals surface area contributed by atoms with Crippen molar-refractivity contribution >= 4 is 13.9 Å². The third-order valence-electron chi connectivity index (χ3n) is 2.21. The second-order valence-corrected chi connectivity index (χ2v) is 5.33. The number of hydrogen-bond donors (Lipinski definition) is 0. The Labute approximate surface area is 119 Å². The third kappa shape index (κ3) is 5.68. The molecule has 1 aromatic carbocycles. The lowest BCUT2D eigenvalue weighted by molar-refractivity contribution is 0.116. The summed E-state index contributed by atoms with van der Waals surface area (Å²) < 4.78 is 27.3. The van der Waals surface area contributed by atoms with Gasteiger partial charge < -0.3 is 0 Å². The molecule has 108 valence electrons. The quantitative estimate of drug-likeness (QED) is 0.682. The van der Waals surface area contributed by atoms with Crippen molar-refractivity contribution in [1.82, 2.24) is 0 Å². The lowest BCUT2D eigenvalue weighted by Crippen LogP contribution is -2.09. The molecule has 1 aromatic rings. The van der Waals surface area contributed by atoms with E-state index in [0.717, 1.165) is 5.56 Å². The molecule has 0 radical (unpaired) electrons. The van der Waals surface area contributed by atoms with Crippen molar-refractivity contribution < 1.29 is 18.1 Å². The maximum Gasteiger partial charge on any atom is 0.476 e. The monoisotopic (exact) mass is 295 g/mol. The van der Waals surface area contributed by atoms with Gasteiger partial charge in [-0.05, 0) is 25.5 Å². The van der Waals surface area contributed by atoms with Gasteiger partial charge in [0.05, 0.1) is 19.3 Å². The predicted octanol–water partition coefficient (Wildman–Crippen LogP) is 3.79. The van der Waals surface area contributed by atoms with Crippen molar-refractivity contribution in [3.8, 4) is 6.07 Å². The van der Waals surface area contributed by atoms with Crippen molar-refractivity contribution in [2.45, 2.75) is 20.0 Å². The molecule has 0 heterocycles. The smallest absolute Gasteiger partial charge is 0.287 e. The molecule has 6 heteroatoms. The van der Waals surface area contributed by atoms with Crippen molar-refractivity contribution in [3.63, 3.8) is 0 Å². The minimum atomic E-state index is -3.69. The second-order valence-electron chi connectivity index (χ2n) is 3.71. The fraction of sp³-hybridized carbons (Fsp3) is 0.357. The molecule has 0 aliphatic heterocycles. The van der Waals surface area contributed by atoms with Gasteiger partial charge in [0.15, 0.2) is 6.10 Å². The first-order valence-corrected chi connectivity index (χ1v) is 7.80. The van der Waals surface area contributed by atoms with Crippen LogP contribution in [0.25, 0.3) is 6.08 Å². The highest BCUT2D eigenvalue weighted by atomic mass is 31.2. The zero-order chi connectivity index (χ0) is 14.8. The topological polar surface area (TPSA) is 68.6 Å². The molecule has 1 unspecified atom stereocenters. The largest absolute Gasteiger partial charge is 0.476 e. The predicted molar refractivity (Wildman–Crippen MR) is 76.8 cm³/mol. The Bertz CT molecular complexity index is 500. The first kappa shape index (κ1) is 16.6. The van der Waals surface area contributed by atoms with Gasteiger partial charge in [-0.1, -0.05) is 36.4 Å². The van der Waals surface area contributed by atoms with Crippen LogP contribution in [0.2, 0.25) is 0 Å². The van der Waals surface area contributed by atoms with Crippen LogP contribution in [0.5, 0.6) is 0 Å². The molecule has 0 fully saturated rings. The molecule has 0 aromatic heterocycles.